The fraction of sp³-hybridized carbons (Fsp3) is 0.143. The van der Waals surface area contributed by atoms with Gasteiger partial charge < -0.3 is 4.74 Å². The van der Waals surface area contributed by atoms with E-state index in [2.05, 4.69) is 4.98 Å². The molecule has 1 heterocycles. The van der Waals surface area contributed by atoms with Crippen LogP contribution < -0.4 is 4.74 Å². The molecule has 0 fully saturated rings. The normalized spacial score (nSPS) is 10.1. The van der Waals surface area contributed by atoms with Gasteiger partial charge in [0.1, 0.15) is 23.2 Å². The van der Waals surface area contributed by atoms with Crippen LogP contribution in [-0.4, -0.2) is 4.98 Å². The van der Waals surface area contributed by atoms with Crippen LogP contribution in [0.1, 0.15) is 17.0 Å². The minimum atomic E-state index is -0.697. The fourth-order valence-corrected chi connectivity index (χ4v) is 1.68. The first-order valence-corrected chi connectivity index (χ1v) is 5.52. The highest BCUT2D eigenvalue weighted by atomic mass is 19.1. The molecule has 0 saturated heterocycles. The molecule has 0 unspecified atom stereocenters. The molecule has 19 heavy (non-hydrogen) atoms. The minimum absolute atomic E-state index is 0.164. The predicted octanol–water partition coefficient (Wildman–Crippen LogP) is 3.64. The maximum atomic E-state index is 13.5. The van der Waals surface area contributed by atoms with E-state index in [1.165, 1.54) is 6.07 Å². The van der Waals surface area contributed by atoms with E-state index in [9.17, 15) is 8.78 Å². The summed E-state index contributed by atoms with van der Waals surface area (Å²) in [5, 5.41) is 9.05. The van der Waals surface area contributed by atoms with Crippen molar-refractivity contribution >= 4 is 0 Å². The van der Waals surface area contributed by atoms with Gasteiger partial charge in [-0.2, -0.15) is 5.26 Å². The van der Waals surface area contributed by atoms with Crippen LogP contribution in [0.25, 0.3) is 0 Å². The molecule has 0 saturated carbocycles. The Labute approximate surface area is 109 Å². The Kier molecular flexibility index (Phi) is 3.43. The van der Waals surface area contributed by atoms with Crippen molar-refractivity contribution < 1.29 is 13.5 Å². The molecule has 0 aliphatic heterocycles. The lowest BCUT2D eigenvalue weighted by molar-refractivity contribution is 0.434. The largest absolute Gasteiger partial charge is 0.453 e. The first-order chi connectivity index (χ1) is 9.01. The third kappa shape index (κ3) is 2.68. The molecular formula is C14H10F2N2O. The Hall–Kier alpha value is -2.48. The molecule has 0 aliphatic rings. The number of ether oxygens (including phenoxy) is 1. The van der Waals surface area contributed by atoms with Crippen molar-refractivity contribution in [3.63, 3.8) is 0 Å². The van der Waals surface area contributed by atoms with Crippen molar-refractivity contribution in [2.24, 2.45) is 0 Å². The molecular weight excluding hydrogens is 250 g/mol. The van der Waals surface area contributed by atoms with Gasteiger partial charge in [0.2, 0.25) is 0 Å². The Morgan fingerprint density at radius 2 is 1.89 bits per heavy atom. The van der Waals surface area contributed by atoms with Gasteiger partial charge in [0.25, 0.3) is 0 Å². The molecule has 96 valence electrons. The van der Waals surface area contributed by atoms with Crippen molar-refractivity contribution in [3.05, 3.63) is 52.9 Å². The second-order valence-corrected chi connectivity index (χ2v) is 4.01. The summed E-state index contributed by atoms with van der Waals surface area (Å²) in [6, 6.07) is 6.35. The van der Waals surface area contributed by atoms with Gasteiger partial charge in [-0.25, -0.2) is 8.78 Å². The van der Waals surface area contributed by atoms with E-state index in [4.69, 9.17) is 10.00 Å². The van der Waals surface area contributed by atoms with Crippen LogP contribution in [0.4, 0.5) is 8.78 Å². The van der Waals surface area contributed by atoms with Crippen molar-refractivity contribution in [3.8, 4) is 17.6 Å². The summed E-state index contributed by atoms with van der Waals surface area (Å²) in [5.41, 5.74) is 1.31. The summed E-state index contributed by atoms with van der Waals surface area (Å²) in [6.45, 7) is 3.38. The van der Waals surface area contributed by atoms with Gasteiger partial charge in [-0.3, -0.25) is 4.98 Å². The van der Waals surface area contributed by atoms with Gasteiger partial charge in [0, 0.05) is 17.8 Å². The Morgan fingerprint density at radius 3 is 2.58 bits per heavy atom. The highest BCUT2D eigenvalue weighted by Gasteiger charge is 2.13. The Bertz CT molecular complexity index is 678. The van der Waals surface area contributed by atoms with Crippen LogP contribution in [-0.2, 0) is 0 Å². The highest BCUT2D eigenvalue weighted by Crippen LogP contribution is 2.29. The van der Waals surface area contributed by atoms with Gasteiger partial charge in [0.05, 0.1) is 5.69 Å². The Morgan fingerprint density at radius 1 is 1.16 bits per heavy atom. The molecule has 0 radical (unpaired) electrons. The van der Waals surface area contributed by atoms with Gasteiger partial charge in [-0.15, -0.1) is 0 Å². The topological polar surface area (TPSA) is 45.9 Å². The summed E-state index contributed by atoms with van der Waals surface area (Å²) < 4.78 is 31.9. The number of pyridine rings is 1. The second kappa shape index (κ2) is 5.02. The molecule has 0 spiro atoms. The summed E-state index contributed by atoms with van der Waals surface area (Å²) in [5.74, 6) is -1.41. The van der Waals surface area contributed by atoms with E-state index in [1.54, 1.807) is 13.8 Å². The number of halogens is 2. The van der Waals surface area contributed by atoms with Crippen LogP contribution in [0.2, 0.25) is 0 Å². The lowest BCUT2D eigenvalue weighted by Gasteiger charge is -2.10. The number of nitriles is 1. The van der Waals surface area contributed by atoms with E-state index in [-0.39, 0.29) is 17.1 Å². The maximum Gasteiger partial charge on any atom is 0.166 e. The summed E-state index contributed by atoms with van der Waals surface area (Å²) in [6.07, 6.45) is 0. The number of rotatable bonds is 2. The first kappa shape index (κ1) is 13.0. The molecule has 3 nitrogen and oxygen atoms in total. The van der Waals surface area contributed by atoms with Crippen LogP contribution in [0, 0.1) is 36.8 Å². The summed E-state index contributed by atoms with van der Waals surface area (Å²) in [4.78, 5) is 4.12. The van der Waals surface area contributed by atoms with Crippen LogP contribution >= 0.6 is 0 Å². The van der Waals surface area contributed by atoms with Crippen molar-refractivity contribution in [2.75, 3.05) is 0 Å². The SMILES string of the molecule is Cc1cc(Oc2cc(F)ccc2F)c(C#N)c(C)n1. The number of benzene rings is 1. The zero-order valence-electron chi connectivity index (χ0n) is 10.4. The van der Waals surface area contributed by atoms with Crippen LogP contribution in [0.3, 0.4) is 0 Å². The van der Waals surface area contributed by atoms with Gasteiger partial charge in [-0.05, 0) is 26.0 Å². The predicted molar refractivity (Wildman–Crippen MR) is 64.9 cm³/mol. The lowest BCUT2D eigenvalue weighted by atomic mass is 10.2. The smallest absolute Gasteiger partial charge is 0.166 e. The third-order valence-electron chi connectivity index (χ3n) is 2.52. The van der Waals surface area contributed by atoms with Crippen molar-refractivity contribution in [2.45, 2.75) is 13.8 Å². The fourth-order valence-electron chi connectivity index (χ4n) is 1.68. The standard InChI is InChI=1S/C14H10F2N2O/c1-8-5-13(11(7-17)9(2)18-8)19-14-6-10(15)3-4-12(14)16/h3-6H,1-2H3. The van der Waals surface area contributed by atoms with Crippen molar-refractivity contribution in [1.29, 1.82) is 5.26 Å². The first-order valence-electron chi connectivity index (χ1n) is 5.52. The van der Waals surface area contributed by atoms with E-state index < -0.39 is 11.6 Å². The molecule has 2 rings (SSSR count). The molecule has 2 aromatic rings. The summed E-state index contributed by atoms with van der Waals surface area (Å²) in [7, 11) is 0. The monoisotopic (exact) mass is 260 g/mol. The summed E-state index contributed by atoms with van der Waals surface area (Å²) >= 11 is 0. The average Bonchev–Trinajstić information content (AvgIpc) is 2.33. The second-order valence-electron chi connectivity index (χ2n) is 4.01. The Balaban J connectivity index is 2.49. The molecule has 0 aliphatic carbocycles. The van der Waals surface area contributed by atoms with E-state index in [0.717, 1.165) is 18.2 Å². The van der Waals surface area contributed by atoms with Crippen LogP contribution in [0.15, 0.2) is 24.3 Å². The highest BCUT2D eigenvalue weighted by molar-refractivity contribution is 5.48. The van der Waals surface area contributed by atoms with Gasteiger partial charge >= 0.3 is 0 Å². The zero-order chi connectivity index (χ0) is 14.0. The number of hydrogen-bond donors (Lipinski definition) is 0. The van der Waals surface area contributed by atoms with E-state index in [0.29, 0.717) is 11.4 Å². The average molecular weight is 260 g/mol. The van der Waals surface area contributed by atoms with Gasteiger partial charge in [-0.1, -0.05) is 0 Å². The molecule has 0 N–H and O–H groups in total. The van der Waals surface area contributed by atoms with Crippen molar-refractivity contribution in [1.82, 2.24) is 4.98 Å². The number of hydrogen-bond acceptors (Lipinski definition) is 3. The van der Waals surface area contributed by atoms with Crippen LogP contribution in [0.5, 0.6) is 11.5 Å². The maximum absolute atomic E-state index is 13.5. The lowest BCUT2D eigenvalue weighted by Crippen LogP contribution is -1.97. The van der Waals surface area contributed by atoms with Gasteiger partial charge in [0.15, 0.2) is 11.6 Å². The number of nitrogens with zero attached hydrogens (tertiary/aromatic N) is 2. The molecule has 0 atom stereocenters. The number of aryl methyl sites for hydroxylation is 2. The number of aromatic nitrogens is 1. The minimum Gasteiger partial charge on any atom is -0.453 e. The zero-order valence-corrected chi connectivity index (χ0v) is 10.4. The molecule has 1 aromatic heterocycles. The van der Waals surface area contributed by atoms with E-state index >= 15 is 0 Å². The molecule has 0 bridgehead atoms. The van der Waals surface area contributed by atoms with E-state index in [1.807, 2.05) is 6.07 Å². The third-order valence-corrected chi connectivity index (χ3v) is 2.52. The molecule has 5 heteroatoms. The molecule has 1 aromatic carbocycles. The molecule has 0 amide bonds. The quantitative estimate of drug-likeness (QED) is 0.828.